The summed E-state index contributed by atoms with van der Waals surface area (Å²) in [7, 11) is 0. The van der Waals surface area contributed by atoms with Gasteiger partial charge >= 0.3 is 0 Å². The van der Waals surface area contributed by atoms with Crippen LogP contribution in [0.1, 0.15) is 25.5 Å². The second-order valence-electron chi connectivity index (χ2n) is 4.08. The Kier molecular flexibility index (Phi) is 1.65. The molecule has 2 heteroatoms. The fraction of sp³-hybridized carbons (Fsp3) is 0.500. The Morgan fingerprint density at radius 2 is 2.08 bits per heavy atom. The molecule has 0 unspecified atom stereocenters. The van der Waals surface area contributed by atoms with Gasteiger partial charge < -0.3 is 5.32 Å². The highest BCUT2D eigenvalue weighted by atomic mass is 15.0. The van der Waals surface area contributed by atoms with Crippen LogP contribution in [0.25, 0.3) is 0 Å². The molecule has 2 rings (SSSR count). The molecule has 0 radical (unpaired) electrons. The largest absolute Gasteiger partial charge is 0.309 e. The molecule has 1 saturated heterocycles. The van der Waals surface area contributed by atoms with Crippen LogP contribution in [0.2, 0.25) is 0 Å². The van der Waals surface area contributed by atoms with Gasteiger partial charge in [-0.05, 0) is 23.1 Å². The Balaban J connectivity index is 2.22. The molecule has 0 aliphatic carbocycles. The third-order valence-electron chi connectivity index (χ3n) is 2.58. The Morgan fingerprint density at radius 1 is 1.42 bits per heavy atom. The van der Waals surface area contributed by atoms with Gasteiger partial charge in [-0.15, -0.1) is 0 Å². The maximum atomic E-state index is 4.01. The van der Waals surface area contributed by atoms with Crippen molar-refractivity contribution in [3.05, 3.63) is 30.1 Å². The van der Waals surface area contributed by atoms with Crippen molar-refractivity contribution in [2.45, 2.75) is 19.9 Å². The highest BCUT2D eigenvalue weighted by Crippen LogP contribution is 2.39. The van der Waals surface area contributed by atoms with Crippen LogP contribution in [-0.2, 0) is 0 Å². The molecule has 0 saturated carbocycles. The molecule has 1 aliphatic rings. The van der Waals surface area contributed by atoms with E-state index in [9.17, 15) is 0 Å². The zero-order valence-corrected chi connectivity index (χ0v) is 7.54. The fourth-order valence-corrected chi connectivity index (χ4v) is 1.74. The van der Waals surface area contributed by atoms with E-state index in [1.807, 2.05) is 12.4 Å². The van der Waals surface area contributed by atoms with Crippen LogP contribution < -0.4 is 5.32 Å². The number of nitrogens with one attached hydrogen (secondary N) is 1. The number of hydrogen-bond donors (Lipinski definition) is 1. The summed E-state index contributed by atoms with van der Waals surface area (Å²) < 4.78 is 0. The smallest absolute Gasteiger partial charge is 0.0385 e. The van der Waals surface area contributed by atoms with Crippen LogP contribution in [0.5, 0.6) is 0 Å². The lowest BCUT2D eigenvalue weighted by atomic mass is 9.74. The Labute approximate surface area is 73.0 Å². The van der Waals surface area contributed by atoms with E-state index in [0.717, 1.165) is 6.54 Å². The first kappa shape index (κ1) is 7.74. The van der Waals surface area contributed by atoms with E-state index in [0.29, 0.717) is 11.5 Å². The van der Waals surface area contributed by atoms with Crippen molar-refractivity contribution in [2.75, 3.05) is 6.54 Å². The third kappa shape index (κ3) is 1.12. The minimum atomic E-state index is 0.404. The van der Waals surface area contributed by atoms with Crippen molar-refractivity contribution in [3.63, 3.8) is 0 Å². The van der Waals surface area contributed by atoms with E-state index in [1.54, 1.807) is 0 Å². The summed E-state index contributed by atoms with van der Waals surface area (Å²) in [4.78, 5) is 4.01. The van der Waals surface area contributed by atoms with Crippen LogP contribution in [0, 0.1) is 5.41 Å². The molecule has 1 N–H and O–H groups in total. The number of nitrogens with zero attached hydrogens (tertiary/aromatic N) is 1. The summed E-state index contributed by atoms with van der Waals surface area (Å²) in [6.07, 6.45) is 3.71. The summed E-state index contributed by atoms with van der Waals surface area (Å²) >= 11 is 0. The highest BCUT2D eigenvalue weighted by Gasteiger charge is 2.38. The van der Waals surface area contributed by atoms with Crippen LogP contribution >= 0.6 is 0 Å². The second-order valence-corrected chi connectivity index (χ2v) is 4.08. The second kappa shape index (κ2) is 2.56. The fourth-order valence-electron chi connectivity index (χ4n) is 1.74. The molecule has 1 atom stereocenters. The van der Waals surface area contributed by atoms with E-state index in [4.69, 9.17) is 0 Å². The average Bonchev–Trinajstić information content (AvgIpc) is 2.05. The van der Waals surface area contributed by atoms with Crippen LogP contribution in [0.4, 0.5) is 0 Å². The maximum absolute atomic E-state index is 4.01. The molecule has 0 aromatic carbocycles. The van der Waals surface area contributed by atoms with Crippen LogP contribution in [0.15, 0.2) is 24.5 Å². The SMILES string of the molecule is CC1(C)CN[C@@H]1c1ccncc1. The quantitative estimate of drug-likeness (QED) is 0.680. The van der Waals surface area contributed by atoms with Crippen molar-refractivity contribution >= 4 is 0 Å². The van der Waals surface area contributed by atoms with E-state index in [-0.39, 0.29) is 0 Å². The van der Waals surface area contributed by atoms with E-state index in [2.05, 4.69) is 36.3 Å². The molecule has 2 heterocycles. The lowest BCUT2D eigenvalue weighted by molar-refractivity contribution is 0.128. The summed E-state index contributed by atoms with van der Waals surface area (Å²) in [6, 6.07) is 4.68. The molecule has 0 spiro atoms. The topological polar surface area (TPSA) is 24.9 Å². The predicted molar refractivity (Wildman–Crippen MR) is 48.8 cm³/mol. The van der Waals surface area contributed by atoms with Gasteiger partial charge in [-0.1, -0.05) is 13.8 Å². The monoisotopic (exact) mass is 162 g/mol. The van der Waals surface area contributed by atoms with E-state index < -0.39 is 0 Å². The first-order valence-corrected chi connectivity index (χ1v) is 4.33. The van der Waals surface area contributed by atoms with Gasteiger partial charge in [0.05, 0.1) is 0 Å². The van der Waals surface area contributed by atoms with E-state index in [1.165, 1.54) is 5.56 Å². The van der Waals surface area contributed by atoms with Gasteiger partial charge in [0.15, 0.2) is 0 Å². The molecule has 0 amide bonds. The maximum Gasteiger partial charge on any atom is 0.0385 e. The predicted octanol–water partition coefficient (Wildman–Crippen LogP) is 1.75. The Morgan fingerprint density at radius 3 is 2.50 bits per heavy atom. The van der Waals surface area contributed by atoms with Crippen molar-refractivity contribution < 1.29 is 0 Å². The normalized spacial score (nSPS) is 26.3. The van der Waals surface area contributed by atoms with Gasteiger partial charge in [0.2, 0.25) is 0 Å². The number of rotatable bonds is 1. The van der Waals surface area contributed by atoms with Gasteiger partial charge in [0.25, 0.3) is 0 Å². The van der Waals surface area contributed by atoms with Crippen molar-refractivity contribution in [1.82, 2.24) is 10.3 Å². The number of pyridine rings is 1. The minimum Gasteiger partial charge on any atom is -0.309 e. The summed E-state index contributed by atoms with van der Waals surface area (Å²) in [5.74, 6) is 0. The molecular weight excluding hydrogens is 148 g/mol. The minimum absolute atomic E-state index is 0.404. The lowest BCUT2D eigenvalue weighted by Gasteiger charge is -2.46. The van der Waals surface area contributed by atoms with E-state index >= 15 is 0 Å². The molecule has 0 bridgehead atoms. The molecular formula is C10H14N2. The Hall–Kier alpha value is -0.890. The standard InChI is InChI=1S/C10H14N2/c1-10(2)7-12-9(10)8-3-5-11-6-4-8/h3-6,9,12H,7H2,1-2H3/t9-/m1/s1. The summed E-state index contributed by atoms with van der Waals surface area (Å²) in [5, 5.41) is 3.42. The highest BCUT2D eigenvalue weighted by molar-refractivity contribution is 5.21. The van der Waals surface area contributed by atoms with Gasteiger partial charge in [-0.3, -0.25) is 4.98 Å². The van der Waals surface area contributed by atoms with Crippen molar-refractivity contribution in [3.8, 4) is 0 Å². The third-order valence-corrected chi connectivity index (χ3v) is 2.58. The van der Waals surface area contributed by atoms with Gasteiger partial charge in [-0.25, -0.2) is 0 Å². The molecule has 1 aromatic rings. The van der Waals surface area contributed by atoms with Gasteiger partial charge in [0.1, 0.15) is 0 Å². The number of aromatic nitrogens is 1. The van der Waals surface area contributed by atoms with Crippen molar-refractivity contribution in [1.29, 1.82) is 0 Å². The molecule has 1 aromatic heterocycles. The average molecular weight is 162 g/mol. The Bertz CT molecular complexity index is 266. The lowest BCUT2D eigenvalue weighted by Crippen LogP contribution is -2.52. The van der Waals surface area contributed by atoms with Crippen molar-refractivity contribution in [2.24, 2.45) is 5.41 Å². The van der Waals surface area contributed by atoms with Crippen LogP contribution in [-0.4, -0.2) is 11.5 Å². The molecule has 64 valence electrons. The number of hydrogen-bond acceptors (Lipinski definition) is 2. The van der Waals surface area contributed by atoms with Crippen LogP contribution in [0.3, 0.4) is 0 Å². The van der Waals surface area contributed by atoms with Gasteiger partial charge in [-0.2, -0.15) is 0 Å². The zero-order valence-electron chi connectivity index (χ0n) is 7.54. The molecule has 1 fully saturated rings. The van der Waals surface area contributed by atoms with Gasteiger partial charge in [0, 0.05) is 25.0 Å². The first-order valence-electron chi connectivity index (χ1n) is 4.33. The molecule has 12 heavy (non-hydrogen) atoms. The molecule has 2 nitrogen and oxygen atoms in total. The molecule has 1 aliphatic heterocycles. The first-order chi connectivity index (χ1) is 5.70. The summed E-state index contributed by atoms with van der Waals surface area (Å²) in [6.45, 7) is 5.68. The summed E-state index contributed by atoms with van der Waals surface area (Å²) in [5.41, 5.74) is 1.75. The zero-order chi connectivity index (χ0) is 8.60.